The van der Waals surface area contributed by atoms with Gasteiger partial charge in [-0.15, -0.1) is 0 Å². The minimum atomic E-state index is -0.0456. The van der Waals surface area contributed by atoms with Crippen molar-refractivity contribution in [1.29, 1.82) is 0 Å². The molecule has 0 amide bonds. The van der Waals surface area contributed by atoms with E-state index in [2.05, 4.69) is 0 Å². The summed E-state index contributed by atoms with van der Waals surface area (Å²) in [5.74, 6) is -0.0629. The van der Waals surface area contributed by atoms with Crippen molar-refractivity contribution in [3.63, 3.8) is 0 Å². The van der Waals surface area contributed by atoms with Gasteiger partial charge in [0.15, 0.2) is 0 Å². The van der Waals surface area contributed by atoms with Crippen molar-refractivity contribution >= 4 is 5.97 Å². The van der Waals surface area contributed by atoms with Crippen LogP contribution in [-0.4, -0.2) is 18.1 Å². The van der Waals surface area contributed by atoms with Crippen LogP contribution in [0.2, 0.25) is 0 Å². The van der Waals surface area contributed by atoms with E-state index in [1.807, 2.05) is 0 Å². The Kier molecular flexibility index (Phi) is 5.48. The lowest BCUT2D eigenvalue weighted by atomic mass is 9.95. The smallest absolute Gasteiger partial charge is 0.310 e. The second-order valence-corrected chi connectivity index (χ2v) is 5.96. The molecule has 0 saturated heterocycles. The van der Waals surface area contributed by atoms with Crippen LogP contribution in [-0.2, 0) is 9.53 Å². The highest BCUT2D eigenvalue weighted by atomic mass is 16.5. The molecule has 0 bridgehead atoms. The van der Waals surface area contributed by atoms with E-state index < -0.39 is 0 Å². The van der Waals surface area contributed by atoms with E-state index in [-0.39, 0.29) is 24.0 Å². The van der Waals surface area contributed by atoms with Crippen molar-refractivity contribution in [2.24, 2.45) is 11.7 Å². The van der Waals surface area contributed by atoms with Crippen LogP contribution < -0.4 is 5.73 Å². The monoisotopic (exact) mass is 253 g/mol. The molecule has 2 fully saturated rings. The van der Waals surface area contributed by atoms with Crippen LogP contribution in [0.1, 0.15) is 70.6 Å². The molecule has 0 aromatic rings. The molecule has 0 aromatic heterocycles. The van der Waals surface area contributed by atoms with Gasteiger partial charge in [0.05, 0.1) is 5.92 Å². The highest BCUT2D eigenvalue weighted by Gasteiger charge is 2.30. The quantitative estimate of drug-likeness (QED) is 0.607. The average Bonchev–Trinajstić information content (AvgIpc) is 2.71. The number of carbonyl (C=O) groups is 1. The van der Waals surface area contributed by atoms with Gasteiger partial charge in [-0.05, 0) is 38.5 Å². The van der Waals surface area contributed by atoms with Crippen LogP contribution in [0.15, 0.2) is 0 Å². The molecule has 2 unspecified atom stereocenters. The fourth-order valence-corrected chi connectivity index (χ4v) is 3.24. The first-order chi connectivity index (χ1) is 8.77. The SMILES string of the molecule is NC1CCCCCC1C(=O)OC1CCCCCC1. The number of hydrogen-bond acceptors (Lipinski definition) is 3. The molecule has 3 nitrogen and oxygen atoms in total. The van der Waals surface area contributed by atoms with Crippen molar-refractivity contribution in [3.05, 3.63) is 0 Å². The van der Waals surface area contributed by atoms with E-state index in [9.17, 15) is 4.79 Å². The van der Waals surface area contributed by atoms with Crippen LogP contribution in [0.25, 0.3) is 0 Å². The van der Waals surface area contributed by atoms with E-state index in [4.69, 9.17) is 10.5 Å². The Morgan fingerprint density at radius 3 is 2.11 bits per heavy atom. The van der Waals surface area contributed by atoms with E-state index in [0.717, 1.165) is 38.5 Å². The first-order valence-electron chi connectivity index (χ1n) is 7.73. The Morgan fingerprint density at radius 2 is 1.39 bits per heavy atom. The maximum Gasteiger partial charge on any atom is 0.310 e. The molecular weight excluding hydrogens is 226 g/mol. The maximum atomic E-state index is 12.2. The predicted octanol–water partition coefficient (Wildman–Crippen LogP) is 3.16. The van der Waals surface area contributed by atoms with Gasteiger partial charge in [-0.25, -0.2) is 0 Å². The summed E-state index contributed by atoms with van der Waals surface area (Å²) in [6.07, 6.45) is 12.6. The van der Waals surface area contributed by atoms with Crippen molar-refractivity contribution < 1.29 is 9.53 Å². The predicted molar refractivity (Wildman–Crippen MR) is 72.1 cm³/mol. The average molecular weight is 253 g/mol. The summed E-state index contributed by atoms with van der Waals surface area (Å²) in [4.78, 5) is 12.2. The Morgan fingerprint density at radius 1 is 0.833 bits per heavy atom. The first-order valence-corrected chi connectivity index (χ1v) is 7.73. The number of rotatable bonds is 2. The van der Waals surface area contributed by atoms with Gasteiger partial charge in [-0.1, -0.05) is 32.1 Å². The molecule has 0 spiro atoms. The number of nitrogens with two attached hydrogens (primary N) is 1. The van der Waals surface area contributed by atoms with Crippen LogP contribution >= 0.6 is 0 Å². The third-order valence-corrected chi connectivity index (χ3v) is 4.46. The van der Waals surface area contributed by atoms with Gasteiger partial charge in [-0.3, -0.25) is 4.79 Å². The van der Waals surface area contributed by atoms with Crippen molar-refractivity contribution in [2.45, 2.75) is 82.8 Å². The van der Waals surface area contributed by atoms with E-state index >= 15 is 0 Å². The lowest BCUT2D eigenvalue weighted by Gasteiger charge is -2.23. The lowest BCUT2D eigenvalue weighted by molar-refractivity contribution is -0.155. The summed E-state index contributed by atoms with van der Waals surface area (Å²) in [7, 11) is 0. The molecule has 0 aromatic carbocycles. The van der Waals surface area contributed by atoms with E-state index in [1.165, 1.54) is 32.1 Å². The highest BCUT2D eigenvalue weighted by Crippen LogP contribution is 2.26. The second-order valence-electron chi connectivity index (χ2n) is 5.96. The molecule has 2 saturated carbocycles. The summed E-state index contributed by atoms with van der Waals surface area (Å²) in [6.45, 7) is 0. The minimum Gasteiger partial charge on any atom is -0.462 e. The third-order valence-electron chi connectivity index (χ3n) is 4.46. The van der Waals surface area contributed by atoms with Crippen LogP contribution in [0.3, 0.4) is 0 Å². The van der Waals surface area contributed by atoms with Crippen LogP contribution in [0.4, 0.5) is 0 Å². The maximum absolute atomic E-state index is 12.2. The largest absolute Gasteiger partial charge is 0.462 e. The summed E-state index contributed by atoms with van der Waals surface area (Å²) in [6, 6.07) is 0.0192. The Labute approximate surface area is 110 Å². The van der Waals surface area contributed by atoms with Gasteiger partial charge in [-0.2, -0.15) is 0 Å². The summed E-state index contributed by atoms with van der Waals surface area (Å²) >= 11 is 0. The molecule has 3 heteroatoms. The van der Waals surface area contributed by atoms with Gasteiger partial charge in [0.25, 0.3) is 0 Å². The molecule has 0 aliphatic heterocycles. The van der Waals surface area contributed by atoms with Gasteiger partial charge < -0.3 is 10.5 Å². The second kappa shape index (κ2) is 7.13. The standard InChI is InChI=1S/C15H27NO2/c16-14-11-7-3-6-10-13(14)15(17)18-12-8-4-1-2-5-9-12/h12-14H,1-11,16H2. The molecule has 2 atom stereocenters. The Bertz CT molecular complexity index is 259. The van der Waals surface area contributed by atoms with E-state index in [0.29, 0.717) is 0 Å². The number of esters is 1. The molecule has 2 aliphatic rings. The van der Waals surface area contributed by atoms with Gasteiger partial charge in [0.1, 0.15) is 6.10 Å². The van der Waals surface area contributed by atoms with Crippen LogP contribution in [0.5, 0.6) is 0 Å². The molecule has 104 valence electrons. The summed E-state index contributed by atoms with van der Waals surface area (Å²) in [5.41, 5.74) is 6.12. The molecular formula is C15H27NO2. The molecule has 2 rings (SSSR count). The molecule has 2 N–H and O–H groups in total. The highest BCUT2D eigenvalue weighted by molar-refractivity contribution is 5.73. The minimum absolute atomic E-state index is 0.0173. The zero-order chi connectivity index (χ0) is 12.8. The normalized spacial score (nSPS) is 31.4. The molecule has 2 aliphatic carbocycles. The van der Waals surface area contributed by atoms with Gasteiger partial charge in [0.2, 0.25) is 0 Å². The van der Waals surface area contributed by atoms with Crippen LogP contribution in [0, 0.1) is 5.92 Å². The molecule has 18 heavy (non-hydrogen) atoms. The third kappa shape index (κ3) is 3.98. The van der Waals surface area contributed by atoms with Crippen molar-refractivity contribution in [3.8, 4) is 0 Å². The fraction of sp³-hybridized carbons (Fsp3) is 0.933. The Balaban J connectivity index is 1.85. The van der Waals surface area contributed by atoms with E-state index in [1.54, 1.807) is 0 Å². The number of carbonyl (C=O) groups excluding carboxylic acids is 1. The van der Waals surface area contributed by atoms with Crippen molar-refractivity contribution in [2.75, 3.05) is 0 Å². The topological polar surface area (TPSA) is 52.3 Å². The summed E-state index contributed by atoms with van der Waals surface area (Å²) in [5, 5.41) is 0. The fourth-order valence-electron chi connectivity index (χ4n) is 3.24. The Hall–Kier alpha value is -0.570. The molecule has 0 heterocycles. The van der Waals surface area contributed by atoms with Gasteiger partial charge >= 0.3 is 5.97 Å². The number of ether oxygens (including phenoxy) is 1. The number of hydrogen-bond donors (Lipinski definition) is 1. The zero-order valence-corrected chi connectivity index (χ0v) is 11.4. The first kappa shape index (κ1) is 13.9. The lowest BCUT2D eigenvalue weighted by Crippen LogP contribution is -2.37. The van der Waals surface area contributed by atoms with Crippen molar-refractivity contribution in [1.82, 2.24) is 0 Å². The molecule has 0 radical (unpaired) electrons. The zero-order valence-electron chi connectivity index (χ0n) is 11.4. The van der Waals surface area contributed by atoms with Gasteiger partial charge in [0, 0.05) is 6.04 Å². The summed E-state index contributed by atoms with van der Waals surface area (Å²) < 4.78 is 5.72.